The molecule has 4 aromatic rings. The van der Waals surface area contributed by atoms with Crippen LogP contribution in [0.3, 0.4) is 0 Å². The molecule has 1 saturated heterocycles. The van der Waals surface area contributed by atoms with Gasteiger partial charge in [-0.05, 0) is 87.3 Å². The van der Waals surface area contributed by atoms with Gasteiger partial charge in [-0.3, -0.25) is 0 Å². The van der Waals surface area contributed by atoms with Gasteiger partial charge in [-0.15, -0.1) is 0 Å². The van der Waals surface area contributed by atoms with E-state index in [1.807, 2.05) is 24.3 Å². The topological polar surface area (TPSA) is 53.2 Å². The number of anilines is 2. The molecule has 5 rings (SSSR count). The number of fused-ring (bicyclic) bond motifs is 1. The van der Waals surface area contributed by atoms with Crippen molar-refractivity contribution in [3.05, 3.63) is 66.6 Å². The minimum absolute atomic E-state index is 0.163. The molecule has 0 saturated carbocycles. The highest BCUT2D eigenvalue weighted by Gasteiger charge is 2.18. The maximum atomic E-state index is 14.5. The molecular formula is C27H30FN4OP. The van der Waals surface area contributed by atoms with Gasteiger partial charge >= 0.3 is 0 Å². The van der Waals surface area contributed by atoms with Crippen molar-refractivity contribution in [3.8, 4) is 17.0 Å². The minimum Gasteiger partial charge on any atom is -0.490 e. The van der Waals surface area contributed by atoms with Gasteiger partial charge in [0.1, 0.15) is 23.3 Å². The molecule has 0 unspecified atom stereocenters. The van der Waals surface area contributed by atoms with Crippen LogP contribution in [0, 0.1) is 5.82 Å². The molecule has 2 N–H and O–H groups in total. The van der Waals surface area contributed by atoms with Crippen molar-refractivity contribution in [3.63, 3.8) is 0 Å². The predicted octanol–water partition coefficient (Wildman–Crippen LogP) is 5.95. The van der Waals surface area contributed by atoms with Gasteiger partial charge in [0.15, 0.2) is 0 Å². The average molecular weight is 477 g/mol. The first-order valence-electron chi connectivity index (χ1n) is 11.6. The molecule has 7 heteroatoms. The van der Waals surface area contributed by atoms with Gasteiger partial charge in [-0.1, -0.05) is 14.0 Å². The average Bonchev–Trinajstić information content (AvgIpc) is 3.26. The van der Waals surface area contributed by atoms with Gasteiger partial charge in [0.05, 0.1) is 5.69 Å². The van der Waals surface area contributed by atoms with Crippen LogP contribution in [-0.2, 0) is 0 Å². The monoisotopic (exact) mass is 476 g/mol. The molecule has 0 amide bonds. The number of nitrogens with one attached hydrogen (secondary N) is 2. The number of hydrogen-bond acceptors (Lipinski definition) is 4. The van der Waals surface area contributed by atoms with E-state index >= 15 is 0 Å². The number of hydrogen-bond donors (Lipinski definition) is 2. The van der Waals surface area contributed by atoms with Gasteiger partial charge in [0, 0.05) is 41.4 Å². The lowest BCUT2D eigenvalue weighted by molar-refractivity contribution is 0.114. The number of halogens is 1. The van der Waals surface area contributed by atoms with E-state index < -0.39 is 7.92 Å². The predicted molar refractivity (Wildman–Crippen MR) is 141 cm³/mol. The highest BCUT2D eigenvalue weighted by molar-refractivity contribution is 7.64. The molecule has 3 heterocycles. The van der Waals surface area contributed by atoms with Crippen LogP contribution in [0.4, 0.5) is 15.8 Å². The molecule has 0 spiro atoms. The molecule has 1 fully saturated rings. The van der Waals surface area contributed by atoms with E-state index in [9.17, 15) is 4.39 Å². The summed E-state index contributed by atoms with van der Waals surface area (Å²) in [6, 6.07) is 17.5. The van der Waals surface area contributed by atoms with Crippen LogP contribution in [0.25, 0.3) is 22.3 Å². The number of rotatable bonds is 6. The van der Waals surface area contributed by atoms with Crippen molar-refractivity contribution < 1.29 is 9.13 Å². The van der Waals surface area contributed by atoms with Gasteiger partial charge in [0.25, 0.3) is 0 Å². The van der Waals surface area contributed by atoms with Crippen molar-refractivity contribution in [2.75, 3.05) is 38.8 Å². The molecule has 2 aromatic carbocycles. The lowest BCUT2D eigenvalue weighted by Crippen LogP contribution is -2.35. The van der Waals surface area contributed by atoms with Crippen molar-refractivity contribution in [1.29, 1.82) is 0 Å². The third kappa shape index (κ3) is 4.79. The zero-order chi connectivity index (χ0) is 23.7. The number of aromatic nitrogens is 2. The summed E-state index contributed by atoms with van der Waals surface area (Å²) in [7, 11) is 1.56. The minimum atomic E-state index is -0.595. The first-order chi connectivity index (χ1) is 16.5. The maximum Gasteiger partial charge on any atom is 0.139 e. The second-order valence-corrected chi connectivity index (χ2v) is 11.3. The van der Waals surface area contributed by atoms with Crippen LogP contribution < -0.4 is 15.4 Å². The van der Waals surface area contributed by atoms with Gasteiger partial charge in [-0.25, -0.2) is 9.37 Å². The van der Waals surface area contributed by atoms with Gasteiger partial charge < -0.3 is 19.9 Å². The van der Waals surface area contributed by atoms with Gasteiger partial charge in [0.2, 0.25) is 0 Å². The number of H-pyrrole nitrogens is 1. The van der Waals surface area contributed by atoms with Crippen LogP contribution in [0.15, 0.2) is 60.8 Å². The van der Waals surface area contributed by atoms with E-state index in [1.54, 1.807) is 12.3 Å². The van der Waals surface area contributed by atoms with E-state index in [2.05, 4.69) is 58.8 Å². The molecule has 1 aliphatic heterocycles. The summed E-state index contributed by atoms with van der Waals surface area (Å²) in [6.45, 7) is 6.29. The number of ether oxygens (including phenoxy) is 1. The zero-order valence-electron chi connectivity index (χ0n) is 19.8. The molecular weight excluding hydrogens is 446 g/mol. The standard InChI is InChI=1S/C27H30FN4OP/c1-32-15-12-20(13-16-32)33-19-9-7-18(8-10-19)25-17-21-23(11-14-29-27(21)31-25)30-24-6-4-5-22(28)26(24)34(2)3/h4-11,14,17,20H,12-13,15-16H2,1-3H3,(H2,29,30,31). The van der Waals surface area contributed by atoms with E-state index in [0.29, 0.717) is 0 Å². The van der Waals surface area contributed by atoms with E-state index in [-0.39, 0.29) is 11.9 Å². The van der Waals surface area contributed by atoms with E-state index in [0.717, 1.165) is 70.7 Å². The number of likely N-dealkylation sites (tertiary alicyclic amines) is 1. The summed E-state index contributed by atoms with van der Waals surface area (Å²) in [5, 5.41) is 5.17. The Kier molecular flexibility index (Phi) is 6.53. The normalized spacial score (nSPS) is 15.2. The lowest BCUT2D eigenvalue weighted by atomic mass is 10.1. The first kappa shape index (κ1) is 22.8. The quantitative estimate of drug-likeness (QED) is 0.338. The molecule has 1 aliphatic rings. The Labute approximate surface area is 201 Å². The van der Waals surface area contributed by atoms with Crippen LogP contribution in [0.5, 0.6) is 5.75 Å². The molecule has 176 valence electrons. The molecule has 0 atom stereocenters. The molecule has 34 heavy (non-hydrogen) atoms. The summed E-state index contributed by atoms with van der Waals surface area (Å²) in [5.74, 6) is 0.743. The Hall–Kier alpha value is -2.95. The number of piperidine rings is 1. The smallest absolute Gasteiger partial charge is 0.139 e. The third-order valence-corrected chi connectivity index (χ3v) is 7.72. The summed E-state index contributed by atoms with van der Waals surface area (Å²) >= 11 is 0. The fourth-order valence-corrected chi connectivity index (χ4v) is 5.63. The van der Waals surface area contributed by atoms with Crippen LogP contribution >= 0.6 is 7.92 Å². The molecule has 0 aliphatic carbocycles. The number of aromatic amines is 1. The van der Waals surface area contributed by atoms with E-state index in [4.69, 9.17) is 4.74 Å². The van der Waals surface area contributed by atoms with Crippen molar-refractivity contribution in [1.82, 2.24) is 14.9 Å². The number of pyridine rings is 1. The highest BCUT2D eigenvalue weighted by Crippen LogP contribution is 2.34. The Morgan fingerprint density at radius 3 is 2.56 bits per heavy atom. The summed E-state index contributed by atoms with van der Waals surface area (Å²) in [4.78, 5) is 10.3. The third-order valence-electron chi connectivity index (χ3n) is 6.37. The van der Waals surface area contributed by atoms with Crippen LogP contribution in [0.2, 0.25) is 0 Å². The summed E-state index contributed by atoms with van der Waals surface area (Å²) < 4.78 is 20.7. The lowest BCUT2D eigenvalue weighted by Gasteiger charge is -2.29. The van der Waals surface area contributed by atoms with E-state index in [1.165, 1.54) is 6.07 Å². The Balaban J connectivity index is 1.38. The molecule has 5 nitrogen and oxygen atoms in total. The summed E-state index contributed by atoms with van der Waals surface area (Å²) in [5.41, 5.74) is 4.55. The number of nitrogens with zero attached hydrogens (tertiary/aromatic N) is 2. The van der Waals surface area contributed by atoms with Crippen LogP contribution in [-0.4, -0.2) is 54.4 Å². The zero-order valence-corrected chi connectivity index (χ0v) is 20.7. The molecule has 0 radical (unpaired) electrons. The van der Waals surface area contributed by atoms with Crippen molar-refractivity contribution in [2.45, 2.75) is 18.9 Å². The fraction of sp³-hybridized carbons (Fsp3) is 0.296. The highest BCUT2D eigenvalue weighted by atomic mass is 31.1. The molecule has 0 bridgehead atoms. The Morgan fingerprint density at radius 2 is 1.82 bits per heavy atom. The maximum absolute atomic E-state index is 14.5. The molecule has 2 aromatic heterocycles. The van der Waals surface area contributed by atoms with Crippen molar-refractivity contribution in [2.24, 2.45) is 0 Å². The fourth-order valence-electron chi connectivity index (χ4n) is 4.52. The second kappa shape index (κ2) is 9.73. The summed E-state index contributed by atoms with van der Waals surface area (Å²) in [6.07, 6.45) is 4.18. The first-order valence-corrected chi connectivity index (χ1v) is 13.9. The largest absolute Gasteiger partial charge is 0.490 e. The van der Waals surface area contributed by atoms with Crippen molar-refractivity contribution >= 4 is 35.6 Å². The van der Waals surface area contributed by atoms with Gasteiger partial charge in [-0.2, -0.15) is 0 Å². The Bertz CT molecular complexity index is 1280. The second-order valence-electron chi connectivity index (χ2n) is 9.10. The Morgan fingerprint density at radius 1 is 1.06 bits per heavy atom. The SMILES string of the molecule is CN1CCC(Oc2ccc(-c3cc4c(Nc5cccc(F)c5P(C)C)ccnc4[nH]3)cc2)CC1. The number of benzene rings is 2. The van der Waals surface area contributed by atoms with Crippen LogP contribution in [0.1, 0.15) is 12.8 Å².